The molecule has 3 aromatic rings. The number of urea groups is 1. The molecule has 0 spiro atoms. The first-order valence-corrected chi connectivity index (χ1v) is 8.33. The van der Waals surface area contributed by atoms with Crippen LogP contribution >= 0.6 is 0 Å². The van der Waals surface area contributed by atoms with Gasteiger partial charge in [0.1, 0.15) is 0 Å². The Balaban J connectivity index is 1.89. The van der Waals surface area contributed by atoms with Crippen LogP contribution in [0.4, 0.5) is 10.5 Å². The fourth-order valence-electron chi connectivity index (χ4n) is 2.80. The molecule has 0 radical (unpaired) electrons. The summed E-state index contributed by atoms with van der Waals surface area (Å²) in [6.07, 6.45) is 4.34. The fraction of sp³-hybridized carbons (Fsp3) is 0.150. The number of nitrogens with two attached hydrogens (primary N) is 1. The van der Waals surface area contributed by atoms with Crippen molar-refractivity contribution in [2.75, 3.05) is 18.4 Å². The van der Waals surface area contributed by atoms with E-state index in [-0.39, 0.29) is 0 Å². The number of benzene rings is 2. The summed E-state index contributed by atoms with van der Waals surface area (Å²) < 4.78 is 0. The van der Waals surface area contributed by atoms with Crippen molar-refractivity contribution in [1.29, 1.82) is 5.26 Å². The van der Waals surface area contributed by atoms with Crippen LogP contribution < -0.4 is 16.4 Å². The van der Waals surface area contributed by atoms with Gasteiger partial charge in [0.25, 0.3) is 0 Å². The Labute approximate surface area is 151 Å². The van der Waals surface area contributed by atoms with Crippen LogP contribution in [0.5, 0.6) is 0 Å². The molecule has 3 rings (SSSR count). The van der Waals surface area contributed by atoms with E-state index in [1.165, 1.54) is 0 Å². The second kappa shape index (κ2) is 7.99. The van der Waals surface area contributed by atoms with Gasteiger partial charge in [0.2, 0.25) is 0 Å². The van der Waals surface area contributed by atoms with Gasteiger partial charge in [-0.3, -0.25) is 4.98 Å². The van der Waals surface area contributed by atoms with Crippen LogP contribution in [-0.2, 0) is 0 Å². The summed E-state index contributed by atoms with van der Waals surface area (Å²) in [7, 11) is 0. The molecule has 0 saturated carbocycles. The second-order valence-electron chi connectivity index (χ2n) is 5.88. The van der Waals surface area contributed by atoms with Gasteiger partial charge >= 0.3 is 6.03 Å². The van der Waals surface area contributed by atoms with Crippen LogP contribution in [0.25, 0.3) is 21.9 Å². The minimum atomic E-state index is -0.515. The molecule has 0 saturated heterocycles. The zero-order valence-electron chi connectivity index (χ0n) is 14.2. The molecule has 0 aliphatic carbocycles. The Morgan fingerprint density at radius 2 is 2.04 bits per heavy atom. The highest BCUT2D eigenvalue weighted by Crippen LogP contribution is 2.31. The van der Waals surface area contributed by atoms with Crippen molar-refractivity contribution in [3.63, 3.8) is 0 Å². The molecule has 130 valence electrons. The number of fused-ring (bicyclic) bond motifs is 1. The maximum absolute atomic E-state index is 10.7. The maximum Gasteiger partial charge on any atom is 0.312 e. The van der Waals surface area contributed by atoms with Gasteiger partial charge in [0, 0.05) is 36.6 Å². The first-order valence-electron chi connectivity index (χ1n) is 8.33. The first kappa shape index (κ1) is 17.2. The lowest BCUT2D eigenvalue weighted by molar-refractivity contribution is 0.249. The summed E-state index contributed by atoms with van der Waals surface area (Å²) in [6, 6.07) is 15.3. The highest BCUT2D eigenvalue weighted by Gasteiger charge is 2.07. The lowest BCUT2D eigenvalue weighted by Crippen LogP contribution is -2.30. The first-order chi connectivity index (χ1) is 12.7. The van der Waals surface area contributed by atoms with E-state index in [0.717, 1.165) is 34.0 Å². The highest BCUT2D eigenvalue weighted by atomic mass is 16.2. The van der Waals surface area contributed by atoms with Crippen molar-refractivity contribution in [2.24, 2.45) is 5.73 Å². The number of pyridine rings is 1. The van der Waals surface area contributed by atoms with E-state index in [2.05, 4.69) is 33.8 Å². The summed E-state index contributed by atoms with van der Waals surface area (Å²) in [5.41, 5.74) is 8.67. The van der Waals surface area contributed by atoms with Gasteiger partial charge in [0.15, 0.2) is 0 Å². The van der Waals surface area contributed by atoms with Crippen molar-refractivity contribution in [3.05, 3.63) is 60.4 Å². The molecule has 6 heteroatoms. The van der Waals surface area contributed by atoms with Gasteiger partial charge in [-0.05, 0) is 53.3 Å². The summed E-state index contributed by atoms with van der Waals surface area (Å²) in [6.45, 7) is 1.20. The molecule has 0 aliphatic rings. The molecule has 4 N–H and O–H groups in total. The van der Waals surface area contributed by atoms with E-state index in [9.17, 15) is 4.79 Å². The zero-order chi connectivity index (χ0) is 18.4. The van der Waals surface area contributed by atoms with Crippen molar-refractivity contribution in [2.45, 2.75) is 6.42 Å². The largest absolute Gasteiger partial charge is 0.384 e. The minimum Gasteiger partial charge on any atom is -0.384 e. The number of rotatable bonds is 6. The van der Waals surface area contributed by atoms with E-state index in [4.69, 9.17) is 11.0 Å². The van der Waals surface area contributed by atoms with Crippen LogP contribution in [0.1, 0.15) is 12.0 Å². The predicted octanol–water partition coefficient (Wildman–Crippen LogP) is 3.24. The molecule has 1 aromatic heterocycles. The van der Waals surface area contributed by atoms with Crippen LogP contribution in [0.3, 0.4) is 0 Å². The van der Waals surface area contributed by atoms with E-state index >= 15 is 0 Å². The van der Waals surface area contributed by atoms with Gasteiger partial charge in [-0.25, -0.2) is 4.79 Å². The quantitative estimate of drug-likeness (QED) is 0.597. The topological polar surface area (TPSA) is 104 Å². The molecular weight excluding hydrogens is 326 g/mol. The number of amides is 2. The standard InChI is InChI=1S/C20H19N5O/c21-12-14-3-1-4-15(9-14)17-10-16-5-8-23-13-18(16)19(11-17)24-6-2-7-25-20(22)26/h1,3-5,8-11,13,24H,2,6-7H2,(H3,22,25,26). The lowest BCUT2D eigenvalue weighted by atomic mass is 9.99. The van der Waals surface area contributed by atoms with E-state index in [1.807, 2.05) is 30.5 Å². The Morgan fingerprint density at radius 3 is 2.85 bits per heavy atom. The number of nitriles is 1. The average molecular weight is 345 g/mol. The molecule has 0 atom stereocenters. The molecule has 1 heterocycles. The number of anilines is 1. The van der Waals surface area contributed by atoms with Crippen molar-refractivity contribution in [1.82, 2.24) is 10.3 Å². The SMILES string of the molecule is N#Cc1cccc(-c2cc(NCCCNC(N)=O)c3cnccc3c2)c1. The molecule has 0 bridgehead atoms. The van der Waals surface area contributed by atoms with Crippen molar-refractivity contribution < 1.29 is 4.79 Å². The van der Waals surface area contributed by atoms with E-state index in [1.54, 1.807) is 12.3 Å². The number of nitrogens with one attached hydrogen (secondary N) is 2. The van der Waals surface area contributed by atoms with Crippen molar-refractivity contribution in [3.8, 4) is 17.2 Å². The van der Waals surface area contributed by atoms with Crippen LogP contribution in [0.2, 0.25) is 0 Å². The number of hydrogen-bond donors (Lipinski definition) is 3. The molecule has 0 aliphatic heterocycles. The third kappa shape index (κ3) is 4.08. The van der Waals surface area contributed by atoms with Crippen molar-refractivity contribution >= 4 is 22.5 Å². The number of primary amides is 1. The van der Waals surface area contributed by atoms with Crippen LogP contribution in [0.15, 0.2) is 54.9 Å². The average Bonchev–Trinajstić information content (AvgIpc) is 2.67. The lowest BCUT2D eigenvalue weighted by Gasteiger charge is -2.13. The third-order valence-corrected chi connectivity index (χ3v) is 4.05. The Bertz CT molecular complexity index is 977. The molecule has 2 amide bonds. The smallest absolute Gasteiger partial charge is 0.312 e. The summed E-state index contributed by atoms with van der Waals surface area (Å²) in [5.74, 6) is 0. The molecule has 6 nitrogen and oxygen atoms in total. The number of nitrogens with zero attached hydrogens (tertiary/aromatic N) is 2. The van der Waals surface area contributed by atoms with E-state index < -0.39 is 6.03 Å². The van der Waals surface area contributed by atoms with Crippen LogP contribution in [0, 0.1) is 11.3 Å². The number of carbonyl (C=O) groups excluding carboxylic acids is 1. The minimum absolute atomic E-state index is 0.515. The van der Waals surface area contributed by atoms with Gasteiger partial charge in [-0.2, -0.15) is 5.26 Å². The van der Waals surface area contributed by atoms with Crippen LogP contribution in [-0.4, -0.2) is 24.1 Å². The zero-order valence-corrected chi connectivity index (χ0v) is 14.2. The monoisotopic (exact) mass is 345 g/mol. The molecular formula is C20H19N5O. The molecule has 0 fully saturated rings. The predicted molar refractivity (Wildman–Crippen MR) is 103 cm³/mol. The highest BCUT2D eigenvalue weighted by molar-refractivity contribution is 5.97. The Kier molecular flexibility index (Phi) is 5.30. The Hall–Kier alpha value is -3.59. The molecule has 0 unspecified atom stereocenters. The Morgan fingerprint density at radius 1 is 1.15 bits per heavy atom. The fourth-order valence-corrected chi connectivity index (χ4v) is 2.80. The number of carbonyl (C=O) groups is 1. The van der Waals surface area contributed by atoms with Gasteiger partial charge in [0.05, 0.1) is 11.6 Å². The number of aromatic nitrogens is 1. The normalized spacial score (nSPS) is 10.3. The third-order valence-electron chi connectivity index (χ3n) is 4.05. The summed E-state index contributed by atoms with van der Waals surface area (Å²) in [4.78, 5) is 14.9. The molecule has 2 aromatic carbocycles. The summed E-state index contributed by atoms with van der Waals surface area (Å²) >= 11 is 0. The number of hydrogen-bond acceptors (Lipinski definition) is 4. The van der Waals surface area contributed by atoms with Gasteiger partial charge < -0.3 is 16.4 Å². The maximum atomic E-state index is 10.7. The van der Waals surface area contributed by atoms with E-state index in [0.29, 0.717) is 18.7 Å². The van der Waals surface area contributed by atoms with Gasteiger partial charge in [-0.15, -0.1) is 0 Å². The van der Waals surface area contributed by atoms with Gasteiger partial charge in [-0.1, -0.05) is 12.1 Å². The molecule has 26 heavy (non-hydrogen) atoms. The second-order valence-corrected chi connectivity index (χ2v) is 5.88. The summed E-state index contributed by atoms with van der Waals surface area (Å²) in [5, 5.41) is 17.2.